The first-order valence-electron chi connectivity index (χ1n) is 6.62. The lowest BCUT2D eigenvalue weighted by Gasteiger charge is -2.01. The number of carbonyl (C=O) groups excluding carboxylic acids is 1. The highest BCUT2D eigenvalue weighted by Crippen LogP contribution is 2.26. The molecule has 0 unspecified atom stereocenters. The van der Waals surface area contributed by atoms with E-state index in [0.29, 0.717) is 10.7 Å². The SMILES string of the molecule is Cc1scc(C(=O)Nc2nc(-c3ccc(F)cc3)cs2)c1C. The van der Waals surface area contributed by atoms with Crippen LogP contribution in [0.1, 0.15) is 20.8 Å². The second-order valence-corrected chi connectivity index (χ2v) is 6.77. The molecule has 0 saturated carbocycles. The standard InChI is InChI=1S/C16H13FN2OS2/c1-9-10(2)21-7-13(9)15(20)19-16-18-14(8-22-16)11-3-5-12(17)6-4-11/h3-8H,1-2H3,(H,18,19,20). The van der Waals surface area contributed by atoms with Gasteiger partial charge in [-0.3, -0.25) is 10.1 Å². The van der Waals surface area contributed by atoms with Crippen LogP contribution in [0.25, 0.3) is 11.3 Å². The summed E-state index contributed by atoms with van der Waals surface area (Å²) in [5.41, 5.74) is 3.22. The maximum Gasteiger partial charge on any atom is 0.258 e. The van der Waals surface area contributed by atoms with Crippen LogP contribution in [0.3, 0.4) is 0 Å². The number of halogens is 1. The Balaban J connectivity index is 1.78. The summed E-state index contributed by atoms with van der Waals surface area (Å²) in [6.45, 7) is 3.93. The molecule has 0 aliphatic rings. The van der Waals surface area contributed by atoms with E-state index < -0.39 is 0 Å². The molecule has 1 amide bonds. The molecule has 0 bridgehead atoms. The quantitative estimate of drug-likeness (QED) is 0.743. The molecule has 3 nitrogen and oxygen atoms in total. The van der Waals surface area contributed by atoms with Crippen molar-refractivity contribution in [2.24, 2.45) is 0 Å². The molecular formula is C16H13FN2OS2. The lowest BCUT2D eigenvalue weighted by atomic mass is 10.2. The molecule has 112 valence electrons. The number of hydrogen-bond acceptors (Lipinski definition) is 4. The second-order valence-electron chi connectivity index (χ2n) is 4.83. The molecule has 2 heterocycles. The van der Waals surface area contributed by atoms with E-state index in [1.165, 1.54) is 23.5 Å². The molecule has 22 heavy (non-hydrogen) atoms. The van der Waals surface area contributed by atoms with Crippen LogP contribution < -0.4 is 5.32 Å². The number of thiazole rings is 1. The Kier molecular flexibility index (Phi) is 4.04. The maximum absolute atomic E-state index is 12.9. The van der Waals surface area contributed by atoms with Gasteiger partial charge < -0.3 is 0 Å². The highest BCUT2D eigenvalue weighted by molar-refractivity contribution is 7.14. The zero-order chi connectivity index (χ0) is 15.7. The highest BCUT2D eigenvalue weighted by Gasteiger charge is 2.14. The first-order chi connectivity index (χ1) is 10.5. The third-order valence-corrected chi connectivity index (χ3v) is 5.17. The first kappa shape index (κ1) is 14.9. The highest BCUT2D eigenvalue weighted by atomic mass is 32.1. The fourth-order valence-electron chi connectivity index (χ4n) is 1.99. The van der Waals surface area contributed by atoms with Crippen LogP contribution in [0.15, 0.2) is 35.0 Å². The summed E-state index contributed by atoms with van der Waals surface area (Å²) in [6.07, 6.45) is 0. The van der Waals surface area contributed by atoms with Gasteiger partial charge in [-0.2, -0.15) is 0 Å². The molecule has 0 radical (unpaired) electrons. The van der Waals surface area contributed by atoms with Gasteiger partial charge in [-0.05, 0) is 43.7 Å². The Bertz CT molecular complexity index is 821. The Morgan fingerprint density at radius 1 is 1.14 bits per heavy atom. The average molecular weight is 332 g/mol. The Labute approximate surface area is 135 Å². The van der Waals surface area contributed by atoms with Gasteiger partial charge in [-0.1, -0.05) is 0 Å². The van der Waals surface area contributed by atoms with Crippen LogP contribution >= 0.6 is 22.7 Å². The minimum atomic E-state index is -0.282. The normalized spacial score (nSPS) is 10.7. The number of anilines is 1. The summed E-state index contributed by atoms with van der Waals surface area (Å²) >= 11 is 2.91. The number of carbonyl (C=O) groups is 1. The van der Waals surface area contributed by atoms with Gasteiger partial charge in [0.15, 0.2) is 5.13 Å². The lowest BCUT2D eigenvalue weighted by molar-refractivity contribution is 0.102. The molecule has 2 aromatic heterocycles. The van der Waals surface area contributed by atoms with Gasteiger partial charge in [0.25, 0.3) is 5.91 Å². The third kappa shape index (κ3) is 2.93. The molecule has 0 aliphatic carbocycles. The zero-order valence-corrected chi connectivity index (χ0v) is 13.6. The number of aryl methyl sites for hydroxylation is 1. The fourth-order valence-corrected chi connectivity index (χ4v) is 3.57. The number of thiophene rings is 1. The first-order valence-corrected chi connectivity index (χ1v) is 8.38. The Morgan fingerprint density at radius 3 is 2.50 bits per heavy atom. The van der Waals surface area contributed by atoms with E-state index in [9.17, 15) is 9.18 Å². The molecule has 3 aromatic rings. The van der Waals surface area contributed by atoms with Gasteiger partial charge in [-0.15, -0.1) is 22.7 Å². The van der Waals surface area contributed by atoms with Crippen molar-refractivity contribution in [3.8, 4) is 11.3 Å². The zero-order valence-electron chi connectivity index (χ0n) is 12.0. The van der Waals surface area contributed by atoms with Crippen molar-refractivity contribution in [3.05, 3.63) is 56.8 Å². The predicted octanol–water partition coefficient (Wildman–Crippen LogP) is 4.88. The Morgan fingerprint density at radius 2 is 1.86 bits per heavy atom. The summed E-state index contributed by atoms with van der Waals surface area (Å²) in [6, 6.07) is 6.12. The molecule has 1 N–H and O–H groups in total. The number of benzene rings is 1. The molecule has 3 rings (SSSR count). The molecule has 0 atom stereocenters. The summed E-state index contributed by atoms with van der Waals surface area (Å²) in [7, 11) is 0. The van der Waals surface area contributed by atoms with Crippen molar-refractivity contribution in [1.82, 2.24) is 4.98 Å². The van der Waals surface area contributed by atoms with Gasteiger partial charge in [0.05, 0.1) is 11.3 Å². The van der Waals surface area contributed by atoms with Crippen molar-refractivity contribution < 1.29 is 9.18 Å². The number of amides is 1. The molecule has 0 saturated heterocycles. The third-order valence-electron chi connectivity index (χ3n) is 3.39. The number of nitrogens with zero attached hydrogens (tertiary/aromatic N) is 1. The van der Waals surface area contributed by atoms with Crippen LogP contribution in [0.4, 0.5) is 9.52 Å². The predicted molar refractivity (Wildman–Crippen MR) is 89.3 cm³/mol. The minimum Gasteiger partial charge on any atom is -0.298 e. The summed E-state index contributed by atoms with van der Waals surface area (Å²) < 4.78 is 12.9. The molecule has 0 fully saturated rings. The van der Waals surface area contributed by atoms with Gasteiger partial charge in [0, 0.05) is 21.2 Å². The second kappa shape index (κ2) is 5.98. The smallest absolute Gasteiger partial charge is 0.258 e. The lowest BCUT2D eigenvalue weighted by Crippen LogP contribution is -2.12. The van der Waals surface area contributed by atoms with Crippen molar-refractivity contribution in [1.29, 1.82) is 0 Å². The van der Waals surface area contributed by atoms with Crippen molar-refractivity contribution in [2.45, 2.75) is 13.8 Å². The van der Waals surface area contributed by atoms with Crippen molar-refractivity contribution >= 4 is 33.7 Å². The molecule has 0 spiro atoms. The number of nitrogens with one attached hydrogen (secondary N) is 1. The monoisotopic (exact) mass is 332 g/mol. The van der Waals surface area contributed by atoms with Crippen LogP contribution in [-0.4, -0.2) is 10.9 Å². The molecule has 1 aromatic carbocycles. The summed E-state index contributed by atoms with van der Waals surface area (Å²) in [5, 5.41) is 7.05. The van der Waals surface area contributed by atoms with Gasteiger partial charge >= 0.3 is 0 Å². The summed E-state index contributed by atoms with van der Waals surface area (Å²) in [4.78, 5) is 17.8. The topological polar surface area (TPSA) is 42.0 Å². The molecule has 0 aliphatic heterocycles. The van der Waals surface area contributed by atoms with E-state index in [1.54, 1.807) is 23.5 Å². The number of aromatic nitrogens is 1. The summed E-state index contributed by atoms with van der Waals surface area (Å²) in [5.74, 6) is -0.433. The van der Waals surface area contributed by atoms with Crippen molar-refractivity contribution in [3.63, 3.8) is 0 Å². The van der Waals surface area contributed by atoms with Crippen LogP contribution in [0, 0.1) is 19.7 Å². The van der Waals surface area contributed by atoms with E-state index in [0.717, 1.165) is 21.7 Å². The van der Waals surface area contributed by atoms with Crippen molar-refractivity contribution in [2.75, 3.05) is 5.32 Å². The maximum atomic E-state index is 12.9. The molecular weight excluding hydrogens is 319 g/mol. The van der Waals surface area contributed by atoms with Gasteiger partial charge in [0.1, 0.15) is 5.82 Å². The average Bonchev–Trinajstić information content (AvgIpc) is 3.08. The van der Waals surface area contributed by atoms with E-state index in [2.05, 4.69) is 10.3 Å². The van der Waals surface area contributed by atoms with E-state index in [4.69, 9.17) is 0 Å². The van der Waals surface area contributed by atoms with E-state index in [1.807, 2.05) is 24.6 Å². The van der Waals surface area contributed by atoms with E-state index >= 15 is 0 Å². The van der Waals surface area contributed by atoms with Gasteiger partial charge in [0.2, 0.25) is 0 Å². The largest absolute Gasteiger partial charge is 0.298 e. The van der Waals surface area contributed by atoms with Gasteiger partial charge in [-0.25, -0.2) is 9.37 Å². The number of rotatable bonds is 3. The minimum absolute atomic E-state index is 0.151. The fraction of sp³-hybridized carbons (Fsp3) is 0.125. The van der Waals surface area contributed by atoms with Crippen LogP contribution in [0.5, 0.6) is 0 Å². The number of hydrogen-bond donors (Lipinski definition) is 1. The van der Waals surface area contributed by atoms with Crippen LogP contribution in [0.2, 0.25) is 0 Å². The Hall–Kier alpha value is -2.05. The molecule has 6 heteroatoms. The van der Waals surface area contributed by atoms with Crippen LogP contribution in [-0.2, 0) is 0 Å². The van der Waals surface area contributed by atoms with E-state index in [-0.39, 0.29) is 11.7 Å².